The zero-order valence-corrected chi connectivity index (χ0v) is 10.4. The smallest absolute Gasteiger partial charge is 0.128 e. The van der Waals surface area contributed by atoms with Gasteiger partial charge in [0.25, 0.3) is 0 Å². The summed E-state index contributed by atoms with van der Waals surface area (Å²) in [4.78, 5) is 6.66. The molecule has 0 atom stereocenters. The number of nitrogens with zero attached hydrogens (tertiary/aromatic N) is 2. The first-order valence-corrected chi connectivity index (χ1v) is 6.08. The standard InChI is InChI=1S/C13H21N3/c1-10(2)16(3)13-7-4-11(9-15-13)8-14-12-5-6-12/h4,7,9-10,12,14H,5-6,8H2,1-3H3. The lowest BCUT2D eigenvalue weighted by Gasteiger charge is -2.22. The minimum absolute atomic E-state index is 0.489. The number of hydrogen-bond acceptors (Lipinski definition) is 3. The summed E-state index contributed by atoms with van der Waals surface area (Å²) in [5, 5.41) is 3.49. The van der Waals surface area contributed by atoms with Gasteiger partial charge in [0.05, 0.1) is 0 Å². The molecule has 1 aromatic rings. The molecular formula is C13H21N3. The fourth-order valence-corrected chi connectivity index (χ4v) is 1.54. The van der Waals surface area contributed by atoms with Crippen LogP contribution in [0.25, 0.3) is 0 Å². The second kappa shape index (κ2) is 4.83. The average Bonchev–Trinajstić information content (AvgIpc) is 3.10. The minimum atomic E-state index is 0.489. The Bertz CT molecular complexity index is 328. The Morgan fingerprint density at radius 2 is 2.19 bits per heavy atom. The van der Waals surface area contributed by atoms with E-state index < -0.39 is 0 Å². The van der Waals surface area contributed by atoms with Crippen LogP contribution in [0.4, 0.5) is 5.82 Å². The Hall–Kier alpha value is -1.09. The van der Waals surface area contributed by atoms with E-state index in [1.54, 1.807) is 0 Å². The zero-order valence-electron chi connectivity index (χ0n) is 10.4. The lowest BCUT2D eigenvalue weighted by molar-refractivity contribution is 0.684. The quantitative estimate of drug-likeness (QED) is 0.822. The molecule has 0 unspecified atom stereocenters. The van der Waals surface area contributed by atoms with Crippen LogP contribution in [-0.2, 0) is 6.54 Å². The lowest BCUT2D eigenvalue weighted by atomic mass is 10.2. The van der Waals surface area contributed by atoms with Crippen LogP contribution >= 0.6 is 0 Å². The van der Waals surface area contributed by atoms with E-state index in [-0.39, 0.29) is 0 Å². The second-order valence-electron chi connectivity index (χ2n) is 4.88. The molecule has 1 aliphatic rings. The molecule has 1 saturated carbocycles. The molecule has 3 nitrogen and oxygen atoms in total. The first-order chi connectivity index (χ1) is 7.66. The van der Waals surface area contributed by atoms with Crippen molar-refractivity contribution in [1.82, 2.24) is 10.3 Å². The normalized spacial score (nSPS) is 15.5. The van der Waals surface area contributed by atoms with E-state index >= 15 is 0 Å². The van der Waals surface area contributed by atoms with Crippen molar-refractivity contribution < 1.29 is 0 Å². The Balaban J connectivity index is 1.92. The van der Waals surface area contributed by atoms with Crippen LogP contribution in [0.2, 0.25) is 0 Å². The van der Waals surface area contributed by atoms with Crippen LogP contribution in [0.15, 0.2) is 18.3 Å². The van der Waals surface area contributed by atoms with Crippen molar-refractivity contribution in [3.63, 3.8) is 0 Å². The van der Waals surface area contributed by atoms with Crippen molar-refractivity contribution >= 4 is 5.82 Å². The van der Waals surface area contributed by atoms with Crippen LogP contribution < -0.4 is 10.2 Å². The predicted molar refractivity (Wildman–Crippen MR) is 67.6 cm³/mol. The maximum atomic E-state index is 4.48. The van der Waals surface area contributed by atoms with Gasteiger partial charge in [0, 0.05) is 31.9 Å². The Morgan fingerprint density at radius 3 is 2.69 bits per heavy atom. The summed E-state index contributed by atoms with van der Waals surface area (Å²) in [6.45, 7) is 5.29. The summed E-state index contributed by atoms with van der Waals surface area (Å²) in [6, 6.07) is 5.52. The molecule has 0 aromatic carbocycles. The van der Waals surface area contributed by atoms with Gasteiger partial charge in [-0.15, -0.1) is 0 Å². The van der Waals surface area contributed by atoms with Gasteiger partial charge in [-0.1, -0.05) is 6.07 Å². The zero-order chi connectivity index (χ0) is 11.5. The largest absolute Gasteiger partial charge is 0.357 e. The molecule has 88 valence electrons. The summed E-state index contributed by atoms with van der Waals surface area (Å²) in [5.74, 6) is 1.05. The molecule has 0 radical (unpaired) electrons. The van der Waals surface area contributed by atoms with E-state index in [9.17, 15) is 0 Å². The molecule has 1 aliphatic carbocycles. The number of aromatic nitrogens is 1. The van der Waals surface area contributed by atoms with Gasteiger partial charge in [0.1, 0.15) is 5.82 Å². The van der Waals surface area contributed by atoms with Gasteiger partial charge < -0.3 is 10.2 Å². The SMILES string of the molecule is CC(C)N(C)c1ccc(CNC2CC2)cn1. The number of hydrogen-bond donors (Lipinski definition) is 1. The molecule has 1 fully saturated rings. The van der Waals surface area contributed by atoms with Crippen LogP contribution in [-0.4, -0.2) is 24.1 Å². The highest BCUT2D eigenvalue weighted by atomic mass is 15.2. The van der Waals surface area contributed by atoms with Gasteiger partial charge in [-0.3, -0.25) is 0 Å². The molecule has 0 saturated heterocycles. The van der Waals surface area contributed by atoms with Gasteiger partial charge in [-0.25, -0.2) is 4.98 Å². The molecule has 3 heteroatoms. The predicted octanol–water partition coefficient (Wildman–Crippen LogP) is 2.18. The van der Waals surface area contributed by atoms with E-state index in [2.05, 4.69) is 48.2 Å². The molecule has 0 spiro atoms. The molecule has 0 aliphatic heterocycles. The molecule has 1 heterocycles. The first-order valence-electron chi connectivity index (χ1n) is 6.08. The summed E-state index contributed by atoms with van der Waals surface area (Å²) < 4.78 is 0. The van der Waals surface area contributed by atoms with Crippen molar-refractivity contribution in [2.45, 2.75) is 45.3 Å². The Kier molecular flexibility index (Phi) is 3.44. The topological polar surface area (TPSA) is 28.2 Å². The fraction of sp³-hybridized carbons (Fsp3) is 0.615. The first kappa shape index (κ1) is 11.4. The van der Waals surface area contributed by atoms with Crippen LogP contribution in [0, 0.1) is 0 Å². The van der Waals surface area contributed by atoms with Gasteiger partial charge in [-0.2, -0.15) is 0 Å². The van der Waals surface area contributed by atoms with Crippen molar-refractivity contribution in [2.24, 2.45) is 0 Å². The molecular weight excluding hydrogens is 198 g/mol. The number of pyridine rings is 1. The highest BCUT2D eigenvalue weighted by Gasteiger charge is 2.19. The third-order valence-electron chi connectivity index (χ3n) is 3.12. The number of anilines is 1. The van der Waals surface area contributed by atoms with Crippen molar-refractivity contribution in [3.8, 4) is 0 Å². The summed E-state index contributed by atoms with van der Waals surface area (Å²) in [7, 11) is 2.08. The van der Waals surface area contributed by atoms with E-state index in [4.69, 9.17) is 0 Å². The van der Waals surface area contributed by atoms with Crippen LogP contribution in [0.3, 0.4) is 0 Å². The minimum Gasteiger partial charge on any atom is -0.357 e. The highest BCUT2D eigenvalue weighted by Crippen LogP contribution is 2.19. The Labute approximate surface area is 97.9 Å². The van der Waals surface area contributed by atoms with E-state index in [0.29, 0.717) is 6.04 Å². The van der Waals surface area contributed by atoms with E-state index in [1.165, 1.54) is 18.4 Å². The summed E-state index contributed by atoms with van der Waals surface area (Å²) >= 11 is 0. The summed E-state index contributed by atoms with van der Waals surface area (Å²) in [5.41, 5.74) is 1.27. The Morgan fingerprint density at radius 1 is 1.44 bits per heavy atom. The summed E-state index contributed by atoms with van der Waals surface area (Å²) in [6.07, 6.45) is 4.65. The van der Waals surface area contributed by atoms with Gasteiger partial charge in [0.15, 0.2) is 0 Å². The molecule has 16 heavy (non-hydrogen) atoms. The monoisotopic (exact) mass is 219 g/mol. The third-order valence-corrected chi connectivity index (χ3v) is 3.12. The maximum absolute atomic E-state index is 4.48. The maximum Gasteiger partial charge on any atom is 0.128 e. The third kappa shape index (κ3) is 2.95. The van der Waals surface area contributed by atoms with Gasteiger partial charge in [0.2, 0.25) is 0 Å². The van der Waals surface area contributed by atoms with Crippen LogP contribution in [0.1, 0.15) is 32.3 Å². The molecule has 0 bridgehead atoms. The number of nitrogens with one attached hydrogen (secondary N) is 1. The molecule has 1 aromatic heterocycles. The van der Waals surface area contributed by atoms with E-state index in [0.717, 1.165) is 18.4 Å². The van der Waals surface area contributed by atoms with Crippen LogP contribution in [0.5, 0.6) is 0 Å². The molecule has 0 amide bonds. The van der Waals surface area contributed by atoms with Gasteiger partial charge >= 0.3 is 0 Å². The van der Waals surface area contributed by atoms with Crippen molar-refractivity contribution in [1.29, 1.82) is 0 Å². The van der Waals surface area contributed by atoms with Crippen molar-refractivity contribution in [2.75, 3.05) is 11.9 Å². The second-order valence-corrected chi connectivity index (χ2v) is 4.88. The highest BCUT2D eigenvalue weighted by molar-refractivity contribution is 5.39. The lowest BCUT2D eigenvalue weighted by Crippen LogP contribution is -2.26. The van der Waals surface area contributed by atoms with Crippen molar-refractivity contribution in [3.05, 3.63) is 23.9 Å². The number of rotatable bonds is 5. The average molecular weight is 219 g/mol. The van der Waals surface area contributed by atoms with Gasteiger partial charge in [-0.05, 0) is 38.3 Å². The molecule has 2 rings (SSSR count). The fourth-order valence-electron chi connectivity index (χ4n) is 1.54. The van der Waals surface area contributed by atoms with E-state index in [1.807, 2.05) is 6.20 Å². The molecule has 1 N–H and O–H groups in total.